The monoisotopic (exact) mass is 250 g/mol. The van der Waals surface area contributed by atoms with Crippen LogP contribution in [0.1, 0.15) is 6.92 Å². The molecule has 6 heteroatoms. The molecule has 0 aliphatic heterocycles. The summed E-state index contributed by atoms with van der Waals surface area (Å²) >= 11 is 0. The Hall–Kier alpha value is -0.240. The van der Waals surface area contributed by atoms with Crippen LogP contribution in [0.3, 0.4) is 0 Å². The SMILES string of the molecule is CC(CN(CCO)CCO)N(CCO)CCO. The van der Waals surface area contributed by atoms with Crippen molar-refractivity contribution in [2.45, 2.75) is 13.0 Å². The summed E-state index contributed by atoms with van der Waals surface area (Å²) in [5.74, 6) is 0. The molecule has 0 saturated carbocycles. The quantitative estimate of drug-likeness (QED) is 0.338. The van der Waals surface area contributed by atoms with Crippen molar-refractivity contribution in [2.75, 3.05) is 59.2 Å². The van der Waals surface area contributed by atoms with Crippen LogP contribution in [-0.2, 0) is 0 Å². The summed E-state index contributed by atoms with van der Waals surface area (Å²) in [5, 5.41) is 35.7. The van der Waals surface area contributed by atoms with Gasteiger partial charge in [0.05, 0.1) is 26.4 Å². The molecule has 1 unspecified atom stereocenters. The van der Waals surface area contributed by atoms with Gasteiger partial charge in [0, 0.05) is 38.8 Å². The van der Waals surface area contributed by atoms with Crippen LogP contribution in [-0.4, -0.2) is 95.4 Å². The lowest BCUT2D eigenvalue weighted by molar-refractivity contribution is 0.0875. The van der Waals surface area contributed by atoms with E-state index in [2.05, 4.69) is 0 Å². The topological polar surface area (TPSA) is 87.4 Å². The van der Waals surface area contributed by atoms with Gasteiger partial charge in [-0.1, -0.05) is 0 Å². The molecule has 0 spiro atoms. The highest BCUT2D eigenvalue weighted by molar-refractivity contribution is 4.71. The van der Waals surface area contributed by atoms with E-state index in [0.717, 1.165) is 0 Å². The van der Waals surface area contributed by atoms with Gasteiger partial charge < -0.3 is 20.4 Å². The Kier molecular flexibility index (Phi) is 10.7. The molecule has 6 nitrogen and oxygen atoms in total. The molecule has 4 N–H and O–H groups in total. The Bertz CT molecular complexity index is 160. The van der Waals surface area contributed by atoms with Crippen molar-refractivity contribution in [1.82, 2.24) is 9.80 Å². The van der Waals surface area contributed by atoms with Crippen molar-refractivity contribution in [3.8, 4) is 0 Å². The zero-order chi connectivity index (χ0) is 13.1. The molecule has 0 amide bonds. The van der Waals surface area contributed by atoms with Gasteiger partial charge in [-0.15, -0.1) is 0 Å². The summed E-state index contributed by atoms with van der Waals surface area (Å²) in [6.07, 6.45) is 0. The van der Waals surface area contributed by atoms with Gasteiger partial charge in [-0.05, 0) is 6.92 Å². The van der Waals surface area contributed by atoms with Crippen LogP contribution in [0.2, 0.25) is 0 Å². The van der Waals surface area contributed by atoms with E-state index in [4.69, 9.17) is 20.4 Å². The maximum Gasteiger partial charge on any atom is 0.0558 e. The summed E-state index contributed by atoms with van der Waals surface area (Å²) < 4.78 is 0. The zero-order valence-electron chi connectivity index (χ0n) is 10.6. The molecular weight excluding hydrogens is 224 g/mol. The Morgan fingerprint density at radius 1 is 0.765 bits per heavy atom. The first kappa shape index (κ1) is 16.8. The Balaban J connectivity index is 4.16. The second-order valence-electron chi connectivity index (χ2n) is 4.08. The molecule has 17 heavy (non-hydrogen) atoms. The molecule has 0 bridgehead atoms. The lowest BCUT2D eigenvalue weighted by Crippen LogP contribution is -2.46. The summed E-state index contributed by atoms with van der Waals surface area (Å²) in [5.41, 5.74) is 0. The molecule has 1 atom stereocenters. The van der Waals surface area contributed by atoms with Gasteiger partial charge >= 0.3 is 0 Å². The molecule has 0 aromatic rings. The molecule has 0 aliphatic carbocycles. The third-order valence-corrected chi connectivity index (χ3v) is 2.75. The average molecular weight is 250 g/mol. The van der Waals surface area contributed by atoms with Crippen LogP contribution in [0, 0.1) is 0 Å². The largest absolute Gasteiger partial charge is 0.395 e. The normalized spacial score (nSPS) is 13.6. The van der Waals surface area contributed by atoms with Crippen LogP contribution in [0.5, 0.6) is 0 Å². The van der Waals surface area contributed by atoms with E-state index in [0.29, 0.717) is 32.7 Å². The predicted octanol–water partition coefficient (Wildman–Crippen LogP) is -2.05. The summed E-state index contributed by atoms with van der Waals surface area (Å²) in [4.78, 5) is 3.95. The minimum Gasteiger partial charge on any atom is -0.395 e. The fraction of sp³-hybridized carbons (Fsp3) is 1.00. The fourth-order valence-corrected chi connectivity index (χ4v) is 1.88. The second-order valence-corrected chi connectivity index (χ2v) is 4.08. The predicted molar refractivity (Wildman–Crippen MR) is 65.8 cm³/mol. The Morgan fingerprint density at radius 2 is 1.18 bits per heavy atom. The molecule has 0 rings (SSSR count). The molecule has 0 saturated heterocycles. The van der Waals surface area contributed by atoms with E-state index in [1.807, 2.05) is 16.7 Å². The van der Waals surface area contributed by atoms with Crippen molar-refractivity contribution in [3.05, 3.63) is 0 Å². The summed E-state index contributed by atoms with van der Waals surface area (Å²) in [6.45, 7) is 5.04. The molecule has 0 aliphatic rings. The number of aliphatic hydroxyl groups excluding tert-OH is 4. The molecule has 0 radical (unpaired) electrons. The van der Waals surface area contributed by atoms with E-state index < -0.39 is 0 Å². The minimum atomic E-state index is 0.0599. The molecule has 0 aromatic heterocycles. The summed E-state index contributed by atoms with van der Waals surface area (Å²) in [6, 6.07) is 0.160. The highest BCUT2D eigenvalue weighted by Gasteiger charge is 2.16. The lowest BCUT2D eigenvalue weighted by Gasteiger charge is -2.32. The van der Waals surface area contributed by atoms with Crippen LogP contribution >= 0.6 is 0 Å². The first-order valence-electron chi connectivity index (χ1n) is 6.09. The van der Waals surface area contributed by atoms with Gasteiger partial charge in [0.15, 0.2) is 0 Å². The van der Waals surface area contributed by atoms with Gasteiger partial charge in [0.1, 0.15) is 0 Å². The summed E-state index contributed by atoms with van der Waals surface area (Å²) in [7, 11) is 0. The van der Waals surface area contributed by atoms with E-state index >= 15 is 0 Å². The van der Waals surface area contributed by atoms with Crippen molar-refractivity contribution in [1.29, 1.82) is 0 Å². The van der Waals surface area contributed by atoms with Gasteiger partial charge in [0.2, 0.25) is 0 Å². The first-order chi connectivity index (χ1) is 8.19. The van der Waals surface area contributed by atoms with Crippen LogP contribution < -0.4 is 0 Å². The molecular formula is C11H26N2O4. The van der Waals surface area contributed by atoms with Gasteiger partial charge in [-0.25, -0.2) is 0 Å². The number of hydrogen-bond donors (Lipinski definition) is 4. The third kappa shape index (κ3) is 7.64. The second kappa shape index (κ2) is 10.9. The Morgan fingerprint density at radius 3 is 1.53 bits per heavy atom. The first-order valence-corrected chi connectivity index (χ1v) is 6.09. The molecule has 104 valence electrons. The van der Waals surface area contributed by atoms with E-state index in [1.54, 1.807) is 0 Å². The minimum absolute atomic E-state index is 0.0599. The van der Waals surface area contributed by atoms with E-state index in [9.17, 15) is 0 Å². The Labute approximate surface area is 103 Å². The number of rotatable bonds is 11. The van der Waals surface area contributed by atoms with Crippen molar-refractivity contribution in [3.63, 3.8) is 0 Å². The maximum atomic E-state index is 8.94. The van der Waals surface area contributed by atoms with Gasteiger partial charge in [-0.3, -0.25) is 9.80 Å². The smallest absolute Gasteiger partial charge is 0.0558 e. The van der Waals surface area contributed by atoms with Crippen LogP contribution in [0.15, 0.2) is 0 Å². The zero-order valence-corrected chi connectivity index (χ0v) is 10.6. The standard InChI is InChI=1S/C11H26N2O4/c1-11(13(4-8-16)5-9-17)10-12(2-6-14)3-7-15/h11,14-17H,2-10H2,1H3. The molecule has 0 aromatic carbocycles. The van der Waals surface area contributed by atoms with Gasteiger partial charge in [-0.2, -0.15) is 0 Å². The van der Waals surface area contributed by atoms with E-state index in [1.165, 1.54) is 0 Å². The molecule has 0 fully saturated rings. The maximum absolute atomic E-state index is 8.94. The lowest BCUT2D eigenvalue weighted by atomic mass is 10.2. The molecule has 0 heterocycles. The van der Waals surface area contributed by atoms with Crippen LogP contribution in [0.4, 0.5) is 0 Å². The van der Waals surface area contributed by atoms with E-state index in [-0.39, 0.29) is 32.5 Å². The third-order valence-electron chi connectivity index (χ3n) is 2.75. The highest BCUT2D eigenvalue weighted by Crippen LogP contribution is 2.01. The van der Waals surface area contributed by atoms with Gasteiger partial charge in [0.25, 0.3) is 0 Å². The highest BCUT2D eigenvalue weighted by atomic mass is 16.3. The van der Waals surface area contributed by atoms with Crippen molar-refractivity contribution < 1.29 is 20.4 Å². The van der Waals surface area contributed by atoms with Crippen LogP contribution in [0.25, 0.3) is 0 Å². The average Bonchev–Trinajstić information content (AvgIpc) is 2.29. The number of aliphatic hydroxyl groups is 4. The number of nitrogens with zero attached hydrogens (tertiary/aromatic N) is 2. The fourth-order valence-electron chi connectivity index (χ4n) is 1.88. The number of hydrogen-bond acceptors (Lipinski definition) is 6. The van der Waals surface area contributed by atoms with Crippen molar-refractivity contribution in [2.24, 2.45) is 0 Å². The van der Waals surface area contributed by atoms with Crippen molar-refractivity contribution >= 4 is 0 Å².